The number of nitrogens with zero attached hydrogens (tertiary/aromatic N) is 3. The van der Waals surface area contributed by atoms with Gasteiger partial charge in [-0.1, -0.05) is 23.7 Å². The minimum atomic E-state index is 0.614. The molecule has 2 rings (SSSR count). The molecule has 0 unspecified atom stereocenters. The van der Waals surface area contributed by atoms with Gasteiger partial charge in [-0.2, -0.15) is 0 Å². The smallest absolute Gasteiger partial charge is 0.225 e. The molecule has 0 aliphatic carbocycles. The number of rotatable bonds is 5. The van der Waals surface area contributed by atoms with Gasteiger partial charge in [-0.25, -0.2) is 9.97 Å². The average molecular weight is 277 g/mol. The largest absolute Gasteiger partial charge is 0.340 e. The lowest BCUT2D eigenvalue weighted by Gasteiger charge is -2.17. The van der Waals surface area contributed by atoms with E-state index < -0.39 is 0 Å². The molecule has 0 amide bonds. The van der Waals surface area contributed by atoms with E-state index in [-0.39, 0.29) is 0 Å². The van der Waals surface area contributed by atoms with Crippen LogP contribution >= 0.6 is 11.6 Å². The predicted octanol–water partition coefficient (Wildman–Crippen LogP) is 2.27. The highest BCUT2D eigenvalue weighted by Crippen LogP contribution is 2.13. The molecule has 5 heteroatoms. The van der Waals surface area contributed by atoms with E-state index in [0.717, 1.165) is 23.6 Å². The van der Waals surface area contributed by atoms with E-state index in [4.69, 9.17) is 17.3 Å². The van der Waals surface area contributed by atoms with Gasteiger partial charge in [0.15, 0.2) is 0 Å². The first kappa shape index (κ1) is 13.8. The summed E-state index contributed by atoms with van der Waals surface area (Å²) in [6.45, 7) is 1.36. The van der Waals surface area contributed by atoms with Crippen LogP contribution in [-0.4, -0.2) is 23.6 Å². The summed E-state index contributed by atoms with van der Waals surface area (Å²) in [5.74, 6) is 0.704. The summed E-state index contributed by atoms with van der Waals surface area (Å²) in [6, 6.07) is 7.77. The second kappa shape index (κ2) is 6.50. The van der Waals surface area contributed by atoms with Gasteiger partial charge in [-0.3, -0.25) is 0 Å². The molecular weight excluding hydrogens is 260 g/mol. The van der Waals surface area contributed by atoms with Crippen LogP contribution < -0.4 is 10.6 Å². The Labute approximate surface area is 118 Å². The lowest BCUT2D eigenvalue weighted by Crippen LogP contribution is -2.19. The zero-order chi connectivity index (χ0) is 13.7. The quantitative estimate of drug-likeness (QED) is 0.910. The molecule has 0 radical (unpaired) electrons. The molecule has 2 N–H and O–H groups in total. The third-order valence-electron chi connectivity index (χ3n) is 2.80. The summed E-state index contributed by atoms with van der Waals surface area (Å²) in [5, 5.41) is 0.744. The van der Waals surface area contributed by atoms with Crippen molar-refractivity contribution in [3.63, 3.8) is 0 Å². The molecule has 0 saturated carbocycles. The Bertz CT molecular complexity index is 510. The second-order valence-corrected chi connectivity index (χ2v) is 4.85. The Morgan fingerprint density at radius 2 is 1.74 bits per heavy atom. The molecule has 19 heavy (non-hydrogen) atoms. The molecule has 0 aliphatic rings. The maximum Gasteiger partial charge on any atom is 0.225 e. The highest BCUT2D eigenvalue weighted by atomic mass is 35.5. The lowest BCUT2D eigenvalue weighted by atomic mass is 10.2. The van der Waals surface area contributed by atoms with Crippen molar-refractivity contribution in [1.29, 1.82) is 0 Å². The Morgan fingerprint density at radius 1 is 1.11 bits per heavy atom. The number of nitrogens with two attached hydrogens (primary N) is 1. The van der Waals surface area contributed by atoms with E-state index in [9.17, 15) is 0 Å². The molecule has 0 aliphatic heterocycles. The highest BCUT2D eigenvalue weighted by Gasteiger charge is 2.05. The van der Waals surface area contributed by atoms with E-state index in [2.05, 4.69) is 9.97 Å². The molecule has 0 saturated heterocycles. The number of hydrogen-bond acceptors (Lipinski definition) is 4. The number of aromatic nitrogens is 2. The molecule has 0 fully saturated rings. The van der Waals surface area contributed by atoms with Crippen molar-refractivity contribution in [2.24, 2.45) is 5.73 Å². The van der Waals surface area contributed by atoms with Crippen LogP contribution in [0.1, 0.15) is 11.1 Å². The summed E-state index contributed by atoms with van der Waals surface area (Å²) >= 11 is 5.86. The van der Waals surface area contributed by atoms with Crippen LogP contribution in [0.25, 0.3) is 0 Å². The summed E-state index contributed by atoms with van der Waals surface area (Å²) in [4.78, 5) is 10.7. The van der Waals surface area contributed by atoms with E-state index in [1.54, 1.807) is 0 Å². The maximum atomic E-state index is 5.86. The maximum absolute atomic E-state index is 5.86. The first-order chi connectivity index (χ1) is 9.19. The first-order valence-electron chi connectivity index (χ1n) is 6.15. The van der Waals surface area contributed by atoms with Gasteiger partial charge in [-0.05, 0) is 36.2 Å². The summed E-state index contributed by atoms with van der Waals surface area (Å²) < 4.78 is 0. The average Bonchev–Trinajstić information content (AvgIpc) is 2.42. The van der Waals surface area contributed by atoms with Gasteiger partial charge < -0.3 is 10.6 Å². The van der Waals surface area contributed by atoms with Crippen LogP contribution in [0.3, 0.4) is 0 Å². The van der Waals surface area contributed by atoms with Crippen LogP contribution in [0.5, 0.6) is 0 Å². The van der Waals surface area contributed by atoms with Gasteiger partial charge in [0.25, 0.3) is 0 Å². The van der Waals surface area contributed by atoms with Gasteiger partial charge in [-0.15, -0.1) is 0 Å². The molecule has 2 aromatic rings. The number of halogens is 1. The number of anilines is 1. The fraction of sp³-hybridized carbons (Fsp3) is 0.286. The van der Waals surface area contributed by atoms with Crippen molar-refractivity contribution in [2.75, 3.05) is 18.5 Å². The Hall–Kier alpha value is -1.65. The summed E-state index contributed by atoms with van der Waals surface area (Å²) in [6.07, 6.45) is 4.46. The van der Waals surface area contributed by atoms with Gasteiger partial charge in [0.2, 0.25) is 5.95 Å². The van der Waals surface area contributed by atoms with Crippen LogP contribution in [0, 0.1) is 0 Å². The van der Waals surface area contributed by atoms with Crippen LogP contribution in [0.4, 0.5) is 5.95 Å². The normalized spacial score (nSPS) is 10.5. The SMILES string of the molecule is CN(Cc1ccc(Cl)cc1)c1ncc(CCN)cn1. The Morgan fingerprint density at radius 3 is 2.32 bits per heavy atom. The highest BCUT2D eigenvalue weighted by molar-refractivity contribution is 6.30. The van der Waals surface area contributed by atoms with Crippen molar-refractivity contribution in [3.8, 4) is 0 Å². The lowest BCUT2D eigenvalue weighted by molar-refractivity contribution is 0.853. The molecule has 4 nitrogen and oxygen atoms in total. The molecule has 100 valence electrons. The standard InChI is InChI=1S/C14H17ClN4/c1-19(10-11-2-4-13(15)5-3-11)14-17-8-12(6-7-16)9-18-14/h2-5,8-9H,6-7,10,16H2,1H3. The molecule has 0 spiro atoms. The van der Waals surface area contributed by atoms with Gasteiger partial charge in [0.05, 0.1) is 0 Å². The van der Waals surface area contributed by atoms with E-state index in [0.29, 0.717) is 12.5 Å². The first-order valence-corrected chi connectivity index (χ1v) is 6.53. The fourth-order valence-corrected chi connectivity index (χ4v) is 1.90. The van der Waals surface area contributed by atoms with Gasteiger partial charge >= 0.3 is 0 Å². The molecule has 1 aromatic heterocycles. The van der Waals surface area contributed by atoms with Crippen LogP contribution in [0.15, 0.2) is 36.7 Å². The zero-order valence-corrected chi connectivity index (χ0v) is 11.6. The van der Waals surface area contributed by atoms with Gasteiger partial charge in [0.1, 0.15) is 0 Å². The van der Waals surface area contributed by atoms with E-state index in [1.807, 2.05) is 48.6 Å². The Balaban J connectivity index is 2.02. The predicted molar refractivity (Wildman–Crippen MR) is 78.3 cm³/mol. The topological polar surface area (TPSA) is 55.0 Å². The van der Waals surface area contributed by atoms with Crippen molar-refractivity contribution < 1.29 is 0 Å². The second-order valence-electron chi connectivity index (χ2n) is 4.41. The monoisotopic (exact) mass is 276 g/mol. The Kier molecular flexibility index (Phi) is 4.71. The van der Waals surface area contributed by atoms with Crippen LogP contribution in [-0.2, 0) is 13.0 Å². The van der Waals surface area contributed by atoms with Crippen molar-refractivity contribution in [3.05, 3.63) is 52.8 Å². The fourth-order valence-electron chi connectivity index (χ4n) is 1.78. The van der Waals surface area contributed by atoms with Gasteiger partial charge in [0, 0.05) is 31.0 Å². The molecule has 0 bridgehead atoms. The van der Waals surface area contributed by atoms with Crippen molar-refractivity contribution in [1.82, 2.24) is 9.97 Å². The molecule has 1 heterocycles. The number of hydrogen-bond donors (Lipinski definition) is 1. The summed E-state index contributed by atoms with van der Waals surface area (Å²) in [7, 11) is 1.96. The van der Waals surface area contributed by atoms with Crippen molar-refractivity contribution >= 4 is 17.5 Å². The molecule has 0 atom stereocenters. The van der Waals surface area contributed by atoms with E-state index >= 15 is 0 Å². The third-order valence-corrected chi connectivity index (χ3v) is 3.05. The van der Waals surface area contributed by atoms with E-state index in [1.165, 1.54) is 5.56 Å². The molecule has 1 aromatic carbocycles. The zero-order valence-electron chi connectivity index (χ0n) is 10.9. The van der Waals surface area contributed by atoms with Crippen molar-refractivity contribution in [2.45, 2.75) is 13.0 Å². The minimum absolute atomic E-state index is 0.614. The third kappa shape index (κ3) is 3.91. The molecular formula is C14H17ClN4. The van der Waals surface area contributed by atoms with Crippen LogP contribution in [0.2, 0.25) is 5.02 Å². The number of benzene rings is 1. The minimum Gasteiger partial charge on any atom is -0.340 e. The summed E-state index contributed by atoms with van der Waals surface area (Å²) in [5.41, 5.74) is 7.73.